The highest BCUT2D eigenvalue weighted by molar-refractivity contribution is 5.94. The minimum Gasteiger partial charge on any atom is -0.444 e. The minimum atomic E-state index is -1.05. The minimum absolute atomic E-state index is 0.0641. The zero-order valence-electron chi connectivity index (χ0n) is 25.8. The molecule has 2 atom stereocenters. The lowest BCUT2D eigenvalue weighted by atomic mass is 9.95. The number of ether oxygens (including phenoxy) is 2. The Morgan fingerprint density at radius 1 is 0.902 bits per heavy atom. The molecule has 0 aliphatic heterocycles. The molecule has 0 unspecified atom stereocenters. The Labute approximate surface area is 245 Å². The molecule has 2 saturated carbocycles. The summed E-state index contributed by atoms with van der Waals surface area (Å²) in [5.74, 6) is -1.61. The first kappa shape index (κ1) is 34.4. The van der Waals surface area contributed by atoms with Gasteiger partial charge < -0.3 is 31.2 Å². The van der Waals surface area contributed by atoms with Crippen LogP contribution in [0.25, 0.3) is 0 Å². The number of carbonyl (C=O) groups excluding carboxylic acids is 4. The second-order valence-electron chi connectivity index (χ2n) is 12.9. The Morgan fingerprint density at radius 2 is 1.51 bits per heavy atom. The molecule has 0 saturated heterocycles. The van der Waals surface area contributed by atoms with Crippen LogP contribution in [-0.4, -0.2) is 59.7 Å². The van der Waals surface area contributed by atoms with E-state index >= 15 is 0 Å². The average Bonchev–Trinajstić information content (AvgIpc) is 2.87. The number of alkyl carbamates (subject to hydrolysis) is 1. The molecule has 234 valence electrons. The quantitative estimate of drug-likeness (QED) is 0.153. The molecule has 0 bridgehead atoms. The van der Waals surface area contributed by atoms with Crippen LogP contribution in [-0.2, 0) is 23.9 Å². The number of primary amides is 1. The SMILES string of the molecule is CC(C)C[C@H](NC(=O)OC(C)(C)C)C(=O)N[C@H](CCCC(N)=O)C(=O)OC(=NC1CCCCC1)NC1CCCCC1. The standard InChI is InChI=1S/C30H53N5O6/c1-20(2)19-24(35-29(39)41-30(3,4)5)26(37)34-23(17-12-18-25(31)36)27(38)40-28(32-21-13-8-6-9-14-21)33-22-15-10-7-11-16-22/h20-24H,6-19H2,1-5H3,(H2,31,36)(H,32,33)(H,34,37)(H,35,39)/t23-,24+/m1/s1. The van der Waals surface area contributed by atoms with Crippen LogP contribution in [0.1, 0.15) is 125 Å². The van der Waals surface area contributed by atoms with Crippen LogP contribution in [0.15, 0.2) is 4.99 Å². The van der Waals surface area contributed by atoms with Crippen LogP contribution >= 0.6 is 0 Å². The Morgan fingerprint density at radius 3 is 2.07 bits per heavy atom. The predicted molar refractivity (Wildman–Crippen MR) is 158 cm³/mol. The predicted octanol–water partition coefficient (Wildman–Crippen LogP) is 4.22. The van der Waals surface area contributed by atoms with E-state index in [0.717, 1.165) is 51.4 Å². The molecule has 11 nitrogen and oxygen atoms in total. The van der Waals surface area contributed by atoms with Crippen molar-refractivity contribution in [1.82, 2.24) is 16.0 Å². The van der Waals surface area contributed by atoms with E-state index in [1.807, 2.05) is 13.8 Å². The number of rotatable bonds is 12. The molecule has 0 aromatic heterocycles. The highest BCUT2D eigenvalue weighted by Gasteiger charge is 2.31. The molecule has 0 aromatic carbocycles. The van der Waals surface area contributed by atoms with Gasteiger partial charge in [-0.1, -0.05) is 52.4 Å². The van der Waals surface area contributed by atoms with Gasteiger partial charge in [-0.25, -0.2) is 14.6 Å². The smallest absolute Gasteiger partial charge is 0.408 e. The second-order valence-corrected chi connectivity index (χ2v) is 12.9. The van der Waals surface area contributed by atoms with E-state index in [-0.39, 0.29) is 43.3 Å². The van der Waals surface area contributed by atoms with Crippen LogP contribution in [0, 0.1) is 5.92 Å². The van der Waals surface area contributed by atoms with Crippen molar-refractivity contribution in [3.63, 3.8) is 0 Å². The fraction of sp³-hybridized carbons (Fsp3) is 0.833. The summed E-state index contributed by atoms with van der Waals surface area (Å²) >= 11 is 0. The van der Waals surface area contributed by atoms with Gasteiger partial charge in [0, 0.05) is 12.5 Å². The first-order chi connectivity index (χ1) is 19.3. The molecular formula is C30H53N5O6. The van der Waals surface area contributed by atoms with Gasteiger partial charge in [-0.3, -0.25) is 9.59 Å². The number of hydrogen-bond acceptors (Lipinski definition) is 7. The van der Waals surface area contributed by atoms with E-state index in [1.165, 1.54) is 12.8 Å². The maximum Gasteiger partial charge on any atom is 0.408 e. The first-order valence-electron chi connectivity index (χ1n) is 15.5. The number of nitrogens with one attached hydrogen (secondary N) is 3. The van der Waals surface area contributed by atoms with Crippen molar-refractivity contribution in [2.75, 3.05) is 0 Å². The van der Waals surface area contributed by atoms with Crippen LogP contribution in [0.3, 0.4) is 0 Å². The Hall–Kier alpha value is -2.85. The molecule has 2 aliphatic rings. The van der Waals surface area contributed by atoms with Crippen molar-refractivity contribution in [1.29, 1.82) is 0 Å². The third-order valence-electron chi connectivity index (χ3n) is 7.24. The van der Waals surface area contributed by atoms with E-state index in [4.69, 9.17) is 20.2 Å². The van der Waals surface area contributed by atoms with Crippen molar-refractivity contribution in [3.8, 4) is 0 Å². The van der Waals surface area contributed by atoms with Gasteiger partial charge in [0.25, 0.3) is 6.02 Å². The highest BCUT2D eigenvalue weighted by atomic mass is 16.6. The van der Waals surface area contributed by atoms with Gasteiger partial charge in [0.15, 0.2) is 0 Å². The van der Waals surface area contributed by atoms with Gasteiger partial charge in [0.2, 0.25) is 11.8 Å². The summed E-state index contributed by atoms with van der Waals surface area (Å²) < 4.78 is 11.2. The number of amides is 3. The molecule has 41 heavy (non-hydrogen) atoms. The molecule has 5 N–H and O–H groups in total. The van der Waals surface area contributed by atoms with Crippen LogP contribution in [0.2, 0.25) is 0 Å². The number of nitrogens with two attached hydrogens (primary N) is 1. The topological polar surface area (TPSA) is 161 Å². The molecule has 0 spiro atoms. The van der Waals surface area contributed by atoms with Crippen molar-refractivity contribution < 1.29 is 28.7 Å². The Balaban J connectivity index is 2.20. The summed E-state index contributed by atoms with van der Waals surface area (Å²) in [7, 11) is 0. The van der Waals surface area contributed by atoms with Gasteiger partial charge in [-0.05, 0) is 71.6 Å². The lowest BCUT2D eigenvalue weighted by Crippen LogP contribution is -2.53. The molecule has 11 heteroatoms. The normalized spacial score (nSPS) is 18.7. The highest BCUT2D eigenvalue weighted by Crippen LogP contribution is 2.22. The molecule has 0 aromatic rings. The van der Waals surface area contributed by atoms with Crippen molar-refractivity contribution in [2.24, 2.45) is 16.6 Å². The van der Waals surface area contributed by atoms with Crippen LogP contribution in [0.4, 0.5) is 4.79 Å². The van der Waals surface area contributed by atoms with Crippen LogP contribution in [0.5, 0.6) is 0 Å². The summed E-state index contributed by atoms with van der Waals surface area (Å²) in [6, 6.07) is -1.52. The number of hydrogen-bond donors (Lipinski definition) is 4. The molecule has 0 heterocycles. The van der Waals surface area contributed by atoms with Gasteiger partial charge in [-0.2, -0.15) is 0 Å². The summed E-state index contributed by atoms with van der Waals surface area (Å²) in [4.78, 5) is 55.5. The van der Waals surface area contributed by atoms with E-state index < -0.39 is 41.6 Å². The second kappa shape index (κ2) is 17.2. The molecule has 0 radical (unpaired) electrons. The third-order valence-corrected chi connectivity index (χ3v) is 7.24. The van der Waals surface area contributed by atoms with Crippen LogP contribution < -0.4 is 21.7 Å². The maximum atomic E-state index is 13.5. The maximum absolute atomic E-state index is 13.5. The summed E-state index contributed by atoms with van der Waals surface area (Å²) in [5.41, 5.74) is 4.59. The van der Waals surface area contributed by atoms with Crippen molar-refractivity contribution in [2.45, 2.75) is 154 Å². The van der Waals surface area contributed by atoms with Crippen molar-refractivity contribution in [3.05, 3.63) is 0 Å². The molecule has 2 aliphatic carbocycles. The van der Waals surface area contributed by atoms with E-state index in [1.54, 1.807) is 20.8 Å². The molecule has 3 amide bonds. The van der Waals surface area contributed by atoms with Gasteiger partial charge >= 0.3 is 12.1 Å². The summed E-state index contributed by atoms with van der Waals surface area (Å²) in [5, 5.41) is 8.76. The van der Waals surface area contributed by atoms with E-state index in [0.29, 0.717) is 6.42 Å². The van der Waals surface area contributed by atoms with Crippen molar-refractivity contribution >= 4 is 29.9 Å². The summed E-state index contributed by atoms with van der Waals surface area (Å²) in [6.45, 7) is 9.08. The fourth-order valence-electron chi connectivity index (χ4n) is 5.21. The summed E-state index contributed by atoms with van der Waals surface area (Å²) in [6.07, 6.45) is 10.7. The molecular weight excluding hydrogens is 526 g/mol. The Kier molecular flexibility index (Phi) is 14.4. The third kappa shape index (κ3) is 14.6. The lowest BCUT2D eigenvalue weighted by Gasteiger charge is -2.27. The molecule has 2 rings (SSSR count). The monoisotopic (exact) mass is 579 g/mol. The fourth-order valence-corrected chi connectivity index (χ4v) is 5.21. The van der Waals surface area contributed by atoms with Gasteiger partial charge in [0.1, 0.15) is 17.7 Å². The zero-order chi connectivity index (χ0) is 30.4. The van der Waals surface area contributed by atoms with Gasteiger partial charge in [0.05, 0.1) is 6.04 Å². The lowest BCUT2D eigenvalue weighted by molar-refractivity contribution is -0.141. The largest absolute Gasteiger partial charge is 0.444 e. The number of aliphatic imine (C=N–C) groups is 1. The first-order valence-corrected chi connectivity index (χ1v) is 15.5. The van der Waals surface area contributed by atoms with Gasteiger partial charge in [-0.15, -0.1) is 0 Å². The Bertz CT molecular complexity index is 888. The van der Waals surface area contributed by atoms with E-state index in [2.05, 4.69) is 16.0 Å². The molecule has 2 fully saturated rings. The average molecular weight is 580 g/mol. The number of esters is 1. The zero-order valence-corrected chi connectivity index (χ0v) is 25.8. The number of amidine groups is 1. The number of carbonyl (C=O) groups is 4. The van der Waals surface area contributed by atoms with E-state index in [9.17, 15) is 19.2 Å². The number of nitrogens with zero attached hydrogens (tertiary/aromatic N) is 1.